The van der Waals surface area contributed by atoms with Gasteiger partial charge in [-0.1, -0.05) is 48.5 Å². The Hall–Kier alpha value is -2.42. The highest BCUT2D eigenvalue weighted by atomic mass is 16.5. The molecule has 0 aromatic heterocycles. The van der Waals surface area contributed by atoms with Crippen molar-refractivity contribution in [3.63, 3.8) is 0 Å². The summed E-state index contributed by atoms with van der Waals surface area (Å²) in [7, 11) is 0. The van der Waals surface area contributed by atoms with Crippen LogP contribution in [0.1, 0.15) is 12.5 Å². The highest BCUT2D eigenvalue weighted by Crippen LogP contribution is 2.11. The molecule has 0 amide bonds. The molecule has 0 heterocycles. The number of aliphatic imine (C=N–C) groups is 1. The SMILES string of the molecule is CCN=C(C(=O)Oc1ccccc1)c1ccccc1. The lowest BCUT2D eigenvalue weighted by atomic mass is 10.1. The third-order valence-corrected chi connectivity index (χ3v) is 2.51. The largest absolute Gasteiger partial charge is 0.422 e. The maximum Gasteiger partial charge on any atom is 0.362 e. The van der Waals surface area contributed by atoms with Gasteiger partial charge < -0.3 is 4.74 Å². The Kier molecular flexibility index (Phi) is 4.45. The van der Waals surface area contributed by atoms with E-state index in [4.69, 9.17) is 4.74 Å². The first-order chi connectivity index (χ1) is 9.31. The zero-order valence-electron chi connectivity index (χ0n) is 10.7. The van der Waals surface area contributed by atoms with Crippen molar-refractivity contribution in [3.05, 3.63) is 66.2 Å². The molecule has 0 atom stereocenters. The number of hydrogen-bond donors (Lipinski definition) is 0. The second-order valence-corrected chi connectivity index (χ2v) is 3.89. The summed E-state index contributed by atoms with van der Waals surface area (Å²) < 4.78 is 5.31. The Bertz CT molecular complexity index is 562. The van der Waals surface area contributed by atoms with Gasteiger partial charge in [0.1, 0.15) is 5.75 Å². The molecule has 0 N–H and O–H groups in total. The standard InChI is InChI=1S/C16H15NO2/c1-2-17-15(13-9-5-3-6-10-13)16(18)19-14-11-7-4-8-12-14/h3-12H,2H2,1H3. The summed E-state index contributed by atoms with van der Waals surface area (Å²) in [5.74, 6) is 0.0893. The molecule has 0 radical (unpaired) electrons. The number of para-hydroxylation sites is 1. The van der Waals surface area contributed by atoms with Crippen LogP contribution in [0.5, 0.6) is 5.75 Å². The predicted octanol–water partition coefficient (Wildman–Crippen LogP) is 3.10. The third kappa shape index (κ3) is 3.52. The molecule has 0 unspecified atom stereocenters. The van der Waals surface area contributed by atoms with Crippen LogP contribution in [0.4, 0.5) is 0 Å². The van der Waals surface area contributed by atoms with Crippen LogP contribution in [-0.2, 0) is 4.79 Å². The quantitative estimate of drug-likeness (QED) is 0.477. The first-order valence-corrected chi connectivity index (χ1v) is 6.18. The summed E-state index contributed by atoms with van der Waals surface area (Å²) in [5.41, 5.74) is 1.12. The number of carbonyl (C=O) groups excluding carboxylic acids is 1. The minimum Gasteiger partial charge on any atom is -0.422 e. The van der Waals surface area contributed by atoms with E-state index in [9.17, 15) is 4.79 Å². The van der Waals surface area contributed by atoms with Crippen LogP contribution in [-0.4, -0.2) is 18.2 Å². The number of rotatable bonds is 4. The Morgan fingerprint density at radius 3 is 2.16 bits per heavy atom. The van der Waals surface area contributed by atoms with Gasteiger partial charge in [-0.15, -0.1) is 0 Å². The number of ether oxygens (including phenoxy) is 1. The molecule has 2 rings (SSSR count). The van der Waals surface area contributed by atoms with Gasteiger partial charge >= 0.3 is 5.97 Å². The summed E-state index contributed by atoms with van der Waals surface area (Å²) >= 11 is 0. The summed E-state index contributed by atoms with van der Waals surface area (Å²) in [4.78, 5) is 16.4. The number of nitrogens with zero attached hydrogens (tertiary/aromatic N) is 1. The van der Waals surface area contributed by atoms with Crippen LogP contribution in [0.3, 0.4) is 0 Å². The van der Waals surface area contributed by atoms with Crippen molar-refractivity contribution in [1.82, 2.24) is 0 Å². The molecule has 3 nitrogen and oxygen atoms in total. The highest BCUT2D eigenvalue weighted by molar-refractivity contribution is 6.43. The second-order valence-electron chi connectivity index (χ2n) is 3.89. The molecule has 3 heteroatoms. The molecule has 0 aliphatic heterocycles. The van der Waals surface area contributed by atoms with Gasteiger partial charge in [-0.05, 0) is 19.1 Å². The van der Waals surface area contributed by atoms with E-state index in [0.29, 0.717) is 18.0 Å². The molecular weight excluding hydrogens is 238 g/mol. The number of carbonyl (C=O) groups is 1. The lowest BCUT2D eigenvalue weighted by Crippen LogP contribution is -2.22. The van der Waals surface area contributed by atoms with Gasteiger partial charge in [-0.25, -0.2) is 4.79 Å². The normalized spacial score (nSPS) is 11.1. The Balaban J connectivity index is 2.21. The van der Waals surface area contributed by atoms with Crippen LogP contribution in [0, 0.1) is 0 Å². The minimum atomic E-state index is -0.431. The van der Waals surface area contributed by atoms with Gasteiger partial charge in [0, 0.05) is 12.1 Å². The van der Waals surface area contributed by atoms with Crippen molar-refractivity contribution in [2.24, 2.45) is 4.99 Å². The summed E-state index contributed by atoms with van der Waals surface area (Å²) in [6.07, 6.45) is 0. The van der Waals surface area contributed by atoms with E-state index in [2.05, 4.69) is 4.99 Å². The molecular formula is C16H15NO2. The predicted molar refractivity (Wildman–Crippen MR) is 75.6 cm³/mol. The van der Waals surface area contributed by atoms with Gasteiger partial charge in [-0.2, -0.15) is 0 Å². The summed E-state index contributed by atoms with van der Waals surface area (Å²) in [6.45, 7) is 2.42. The van der Waals surface area contributed by atoms with Crippen LogP contribution in [0.25, 0.3) is 0 Å². The molecule has 0 aliphatic rings. The Morgan fingerprint density at radius 1 is 1.00 bits per heavy atom. The average Bonchev–Trinajstić information content (AvgIpc) is 2.46. The zero-order chi connectivity index (χ0) is 13.5. The van der Waals surface area contributed by atoms with E-state index < -0.39 is 5.97 Å². The van der Waals surface area contributed by atoms with E-state index in [0.717, 1.165) is 5.56 Å². The van der Waals surface area contributed by atoms with Crippen LogP contribution >= 0.6 is 0 Å². The number of hydrogen-bond acceptors (Lipinski definition) is 3. The molecule has 0 fully saturated rings. The Labute approximate surface area is 112 Å². The molecule has 0 saturated carbocycles. The van der Waals surface area contributed by atoms with Crippen LogP contribution in [0.15, 0.2) is 65.7 Å². The van der Waals surface area contributed by atoms with Crippen molar-refractivity contribution >= 4 is 11.7 Å². The first kappa shape index (κ1) is 13.0. The van der Waals surface area contributed by atoms with Gasteiger partial charge in [0.2, 0.25) is 0 Å². The van der Waals surface area contributed by atoms with Gasteiger partial charge in [0.15, 0.2) is 5.71 Å². The molecule has 2 aromatic carbocycles. The van der Waals surface area contributed by atoms with E-state index >= 15 is 0 Å². The maximum atomic E-state index is 12.2. The zero-order valence-corrected chi connectivity index (χ0v) is 10.7. The Morgan fingerprint density at radius 2 is 1.58 bits per heavy atom. The number of esters is 1. The van der Waals surface area contributed by atoms with Gasteiger partial charge in [-0.3, -0.25) is 4.99 Å². The van der Waals surface area contributed by atoms with Crippen LogP contribution < -0.4 is 4.74 Å². The monoisotopic (exact) mass is 253 g/mol. The van der Waals surface area contributed by atoms with E-state index in [1.165, 1.54) is 0 Å². The fourth-order valence-electron chi connectivity index (χ4n) is 1.67. The number of benzene rings is 2. The summed E-state index contributed by atoms with van der Waals surface area (Å²) in [5, 5.41) is 0. The molecule has 0 spiro atoms. The van der Waals surface area contributed by atoms with E-state index in [1.54, 1.807) is 12.1 Å². The van der Waals surface area contributed by atoms with Gasteiger partial charge in [0.05, 0.1) is 0 Å². The first-order valence-electron chi connectivity index (χ1n) is 6.18. The molecule has 0 saturated heterocycles. The molecule has 0 bridgehead atoms. The lowest BCUT2D eigenvalue weighted by molar-refractivity contribution is -0.126. The van der Waals surface area contributed by atoms with Crippen LogP contribution in [0.2, 0.25) is 0 Å². The van der Waals surface area contributed by atoms with Crippen molar-refractivity contribution in [1.29, 1.82) is 0 Å². The van der Waals surface area contributed by atoms with Crippen molar-refractivity contribution in [2.45, 2.75) is 6.92 Å². The van der Waals surface area contributed by atoms with E-state index in [-0.39, 0.29) is 0 Å². The van der Waals surface area contributed by atoms with Crippen molar-refractivity contribution in [3.8, 4) is 5.75 Å². The smallest absolute Gasteiger partial charge is 0.362 e. The molecule has 0 aliphatic carbocycles. The fourth-order valence-corrected chi connectivity index (χ4v) is 1.67. The highest BCUT2D eigenvalue weighted by Gasteiger charge is 2.15. The van der Waals surface area contributed by atoms with Gasteiger partial charge in [0.25, 0.3) is 0 Å². The maximum absolute atomic E-state index is 12.2. The molecule has 19 heavy (non-hydrogen) atoms. The second kappa shape index (κ2) is 6.50. The third-order valence-electron chi connectivity index (χ3n) is 2.51. The topological polar surface area (TPSA) is 38.7 Å². The molecule has 96 valence electrons. The lowest BCUT2D eigenvalue weighted by Gasteiger charge is -2.07. The fraction of sp³-hybridized carbons (Fsp3) is 0.125. The minimum absolute atomic E-state index is 0.354. The summed E-state index contributed by atoms with van der Waals surface area (Å²) in [6, 6.07) is 18.3. The average molecular weight is 253 g/mol. The molecule has 2 aromatic rings. The van der Waals surface area contributed by atoms with Crippen molar-refractivity contribution < 1.29 is 9.53 Å². The van der Waals surface area contributed by atoms with Crippen molar-refractivity contribution in [2.75, 3.05) is 6.54 Å². The van der Waals surface area contributed by atoms with E-state index in [1.807, 2.05) is 55.5 Å².